The van der Waals surface area contributed by atoms with E-state index >= 15 is 0 Å². The third kappa shape index (κ3) is 2.11. The monoisotopic (exact) mass is 236 g/mol. The van der Waals surface area contributed by atoms with Crippen molar-refractivity contribution in [2.24, 2.45) is 0 Å². The van der Waals surface area contributed by atoms with Gasteiger partial charge in [0.15, 0.2) is 0 Å². The van der Waals surface area contributed by atoms with Crippen molar-refractivity contribution in [1.82, 2.24) is 15.2 Å². The van der Waals surface area contributed by atoms with Crippen molar-refractivity contribution in [3.8, 4) is 16.5 Å². The van der Waals surface area contributed by atoms with Crippen molar-refractivity contribution in [1.29, 1.82) is 0 Å². The van der Waals surface area contributed by atoms with Gasteiger partial charge in [-0.15, -0.1) is 10.2 Å². The maximum Gasteiger partial charge on any atom is 0.213 e. The van der Waals surface area contributed by atoms with Gasteiger partial charge in [-0.05, 0) is 6.07 Å². The molecule has 0 aliphatic rings. The van der Waals surface area contributed by atoms with Crippen molar-refractivity contribution in [2.75, 3.05) is 26.1 Å². The average Bonchev–Trinajstić information content (AvgIpc) is 2.78. The van der Waals surface area contributed by atoms with Crippen LogP contribution in [0.3, 0.4) is 0 Å². The zero-order chi connectivity index (χ0) is 11.5. The van der Waals surface area contributed by atoms with Crippen molar-refractivity contribution < 1.29 is 4.74 Å². The molecular weight excluding hydrogens is 224 g/mol. The molecule has 2 rings (SSSR count). The predicted molar refractivity (Wildman–Crippen MR) is 64.0 cm³/mol. The Bertz CT molecular complexity index is 483. The summed E-state index contributed by atoms with van der Waals surface area (Å²) in [5, 5.41) is 9.95. The van der Waals surface area contributed by atoms with E-state index in [1.807, 2.05) is 31.1 Å². The molecule has 0 fully saturated rings. The maximum absolute atomic E-state index is 5.07. The van der Waals surface area contributed by atoms with Crippen LogP contribution >= 0.6 is 11.3 Å². The van der Waals surface area contributed by atoms with Crippen molar-refractivity contribution >= 4 is 16.5 Å². The van der Waals surface area contributed by atoms with Gasteiger partial charge < -0.3 is 9.64 Å². The third-order valence-electron chi connectivity index (χ3n) is 1.99. The van der Waals surface area contributed by atoms with Crippen molar-refractivity contribution in [3.63, 3.8) is 0 Å². The molecular formula is C10H12N4OS. The zero-order valence-corrected chi connectivity index (χ0v) is 10.2. The standard InChI is InChI=1S/C10H12N4OS/c1-14(2)10-13-12-9(16-10)7-4-5-11-8(6-7)15-3/h4-6H,1-3H3. The van der Waals surface area contributed by atoms with Gasteiger partial charge in [0.05, 0.1) is 7.11 Å². The molecule has 84 valence electrons. The van der Waals surface area contributed by atoms with Crippen LogP contribution < -0.4 is 9.64 Å². The van der Waals surface area contributed by atoms with Gasteiger partial charge >= 0.3 is 0 Å². The number of hydrogen-bond donors (Lipinski definition) is 0. The summed E-state index contributed by atoms with van der Waals surface area (Å²) in [7, 11) is 5.48. The number of hydrogen-bond acceptors (Lipinski definition) is 6. The molecule has 0 radical (unpaired) electrons. The second-order valence-electron chi connectivity index (χ2n) is 3.37. The fraction of sp³-hybridized carbons (Fsp3) is 0.300. The lowest BCUT2D eigenvalue weighted by Crippen LogP contribution is -2.07. The Morgan fingerprint density at radius 2 is 2.12 bits per heavy atom. The first-order chi connectivity index (χ1) is 7.70. The van der Waals surface area contributed by atoms with E-state index in [1.54, 1.807) is 13.3 Å². The van der Waals surface area contributed by atoms with Gasteiger partial charge in [-0.25, -0.2) is 4.98 Å². The Morgan fingerprint density at radius 1 is 1.31 bits per heavy atom. The summed E-state index contributed by atoms with van der Waals surface area (Å²) in [6, 6.07) is 3.74. The molecule has 2 heterocycles. The first kappa shape index (κ1) is 10.8. The molecule has 0 N–H and O–H groups in total. The lowest BCUT2D eigenvalue weighted by Gasteiger charge is -2.04. The number of anilines is 1. The van der Waals surface area contributed by atoms with E-state index in [2.05, 4.69) is 15.2 Å². The third-order valence-corrected chi connectivity index (χ3v) is 3.13. The molecule has 0 bridgehead atoms. The Morgan fingerprint density at radius 3 is 2.75 bits per heavy atom. The molecule has 16 heavy (non-hydrogen) atoms. The van der Waals surface area contributed by atoms with Crippen LogP contribution in [-0.4, -0.2) is 36.4 Å². The van der Waals surface area contributed by atoms with Crippen molar-refractivity contribution in [2.45, 2.75) is 0 Å². The van der Waals surface area contributed by atoms with Gasteiger partial charge in [0.25, 0.3) is 0 Å². The van der Waals surface area contributed by atoms with Crippen LogP contribution in [0, 0.1) is 0 Å². The second-order valence-corrected chi connectivity index (χ2v) is 4.33. The van der Waals surface area contributed by atoms with Gasteiger partial charge in [0.2, 0.25) is 11.0 Å². The molecule has 0 aliphatic carbocycles. The minimum absolute atomic E-state index is 0.583. The smallest absolute Gasteiger partial charge is 0.213 e. The average molecular weight is 236 g/mol. The summed E-state index contributed by atoms with van der Waals surface area (Å²) in [6.45, 7) is 0. The van der Waals surface area contributed by atoms with Gasteiger partial charge in [-0.1, -0.05) is 11.3 Å². The van der Waals surface area contributed by atoms with E-state index in [-0.39, 0.29) is 0 Å². The number of nitrogens with zero attached hydrogens (tertiary/aromatic N) is 4. The van der Waals surface area contributed by atoms with Gasteiger partial charge in [-0.2, -0.15) is 0 Å². The number of rotatable bonds is 3. The minimum atomic E-state index is 0.583. The fourth-order valence-electron chi connectivity index (χ4n) is 1.17. The van der Waals surface area contributed by atoms with Crippen LogP contribution in [0.1, 0.15) is 0 Å². The van der Waals surface area contributed by atoms with Crippen LogP contribution in [0.25, 0.3) is 10.6 Å². The molecule has 0 atom stereocenters. The number of methoxy groups -OCH3 is 1. The summed E-state index contributed by atoms with van der Waals surface area (Å²) >= 11 is 1.53. The molecule has 0 amide bonds. The topological polar surface area (TPSA) is 51.1 Å². The molecule has 0 spiro atoms. The highest BCUT2D eigenvalue weighted by Crippen LogP contribution is 2.28. The summed E-state index contributed by atoms with van der Waals surface area (Å²) < 4.78 is 5.07. The lowest BCUT2D eigenvalue weighted by molar-refractivity contribution is 0.398. The first-order valence-corrected chi connectivity index (χ1v) is 5.53. The highest BCUT2D eigenvalue weighted by atomic mass is 32.1. The van der Waals surface area contributed by atoms with Gasteiger partial charge in [0.1, 0.15) is 5.01 Å². The van der Waals surface area contributed by atoms with E-state index in [0.29, 0.717) is 5.88 Å². The van der Waals surface area contributed by atoms with E-state index in [9.17, 15) is 0 Å². The number of aromatic nitrogens is 3. The molecule has 0 aliphatic heterocycles. The molecule has 0 aromatic carbocycles. The summed E-state index contributed by atoms with van der Waals surface area (Å²) in [5.41, 5.74) is 0.970. The Kier molecular flexibility index (Phi) is 3.00. The van der Waals surface area contributed by atoms with E-state index < -0.39 is 0 Å². The largest absolute Gasteiger partial charge is 0.481 e. The number of pyridine rings is 1. The summed E-state index contributed by atoms with van der Waals surface area (Å²) in [5.74, 6) is 0.583. The van der Waals surface area contributed by atoms with E-state index in [1.165, 1.54) is 11.3 Å². The molecule has 0 saturated carbocycles. The molecule has 5 nitrogen and oxygen atoms in total. The maximum atomic E-state index is 5.07. The molecule has 2 aromatic rings. The van der Waals surface area contributed by atoms with E-state index in [0.717, 1.165) is 15.7 Å². The SMILES string of the molecule is COc1cc(-c2nnc(N(C)C)s2)ccn1. The van der Waals surface area contributed by atoms with Crippen molar-refractivity contribution in [3.05, 3.63) is 18.3 Å². The van der Waals surface area contributed by atoms with E-state index in [4.69, 9.17) is 4.74 Å². The highest BCUT2D eigenvalue weighted by Gasteiger charge is 2.08. The minimum Gasteiger partial charge on any atom is -0.481 e. The van der Waals surface area contributed by atoms with Gasteiger partial charge in [0, 0.05) is 31.9 Å². The van der Waals surface area contributed by atoms with Crippen LogP contribution in [0.5, 0.6) is 5.88 Å². The van der Waals surface area contributed by atoms with Gasteiger partial charge in [-0.3, -0.25) is 0 Å². The number of ether oxygens (including phenoxy) is 1. The quantitative estimate of drug-likeness (QED) is 0.811. The molecule has 0 unspecified atom stereocenters. The Hall–Kier alpha value is -1.69. The Labute approximate surface area is 97.7 Å². The summed E-state index contributed by atoms with van der Waals surface area (Å²) in [4.78, 5) is 5.98. The van der Waals surface area contributed by atoms with Crippen LogP contribution in [0.2, 0.25) is 0 Å². The lowest BCUT2D eigenvalue weighted by atomic mass is 10.3. The molecule has 0 saturated heterocycles. The zero-order valence-electron chi connectivity index (χ0n) is 9.34. The van der Waals surface area contributed by atoms with Crippen LogP contribution in [0.4, 0.5) is 5.13 Å². The normalized spacial score (nSPS) is 10.2. The molecule has 6 heteroatoms. The highest BCUT2D eigenvalue weighted by molar-refractivity contribution is 7.18. The van der Waals surface area contributed by atoms with Crippen LogP contribution in [-0.2, 0) is 0 Å². The summed E-state index contributed by atoms with van der Waals surface area (Å²) in [6.07, 6.45) is 1.70. The fourth-order valence-corrected chi connectivity index (χ4v) is 1.93. The first-order valence-electron chi connectivity index (χ1n) is 4.72. The van der Waals surface area contributed by atoms with Crippen LogP contribution in [0.15, 0.2) is 18.3 Å². The predicted octanol–water partition coefficient (Wildman–Crippen LogP) is 1.67. The Balaban J connectivity index is 2.34. The second kappa shape index (κ2) is 4.44. The molecule has 2 aromatic heterocycles.